The van der Waals surface area contributed by atoms with Crippen molar-refractivity contribution in [2.75, 3.05) is 14.2 Å². The molecule has 2 aromatic rings. The van der Waals surface area contributed by atoms with Gasteiger partial charge in [0.25, 0.3) is 5.69 Å². The van der Waals surface area contributed by atoms with Gasteiger partial charge in [-0.05, 0) is 36.3 Å². The van der Waals surface area contributed by atoms with Crippen molar-refractivity contribution in [3.8, 4) is 17.2 Å². The van der Waals surface area contributed by atoms with Crippen LogP contribution in [0.1, 0.15) is 43.1 Å². The lowest BCUT2D eigenvalue weighted by atomic mass is 10.1. The van der Waals surface area contributed by atoms with Crippen molar-refractivity contribution in [2.24, 2.45) is 0 Å². The number of nitro groups is 1. The number of nitro benzene ring substituents is 1. The maximum atomic E-state index is 11.3. The molecule has 0 aliphatic rings. The van der Waals surface area contributed by atoms with Gasteiger partial charge >= 0.3 is 0 Å². The minimum atomic E-state index is -0.565. The summed E-state index contributed by atoms with van der Waals surface area (Å²) in [6.45, 7) is 6.02. The molecule has 0 aliphatic carbocycles. The van der Waals surface area contributed by atoms with Crippen LogP contribution in [0, 0.1) is 10.1 Å². The predicted octanol–water partition coefficient (Wildman–Crippen LogP) is 5.72. The van der Waals surface area contributed by atoms with E-state index in [9.17, 15) is 14.9 Å². The van der Waals surface area contributed by atoms with Gasteiger partial charge < -0.3 is 14.2 Å². The first kappa shape index (κ1) is 23.7. The summed E-state index contributed by atoms with van der Waals surface area (Å²) in [6.07, 6.45) is 3.94. The highest BCUT2D eigenvalue weighted by molar-refractivity contribution is 5.81. The number of carbonyl (C=O) groups is 1. The maximum Gasteiger partial charge on any atom is 0.270 e. The molecule has 0 fully saturated rings. The largest absolute Gasteiger partial charge is 0.501 e. The third-order valence-electron chi connectivity index (χ3n) is 3.85. The number of aldehydes is 1. The lowest BCUT2D eigenvalue weighted by Gasteiger charge is -2.14. The summed E-state index contributed by atoms with van der Waals surface area (Å²) in [4.78, 5) is 21.6. The van der Waals surface area contributed by atoms with Crippen molar-refractivity contribution in [1.29, 1.82) is 0 Å². The fourth-order valence-corrected chi connectivity index (χ4v) is 2.52. The molecule has 0 radical (unpaired) electrons. The quantitative estimate of drug-likeness (QED) is 0.231. The van der Waals surface area contributed by atoms with E-state index in [4.69, 9.17) is 14.2 Å². The van der Waals surface area contributed by atoms with E-state index in [1.165, 1.54) is 25.3 Å². The summed E-state index contributed by atoms with van der Waals surface area (Å²) < 4.78 is 16.5. The highest BCUT2D eigenvalue weighted by Gasteiger charge is 2.15. The molecule has 0 saturated carbocycles. The first-order chi connectivity index (χ1) is 14.0. The summed E-state index contributed by atoms with van der Waals surface area (Å²) in [7, 11) is 3.13. The molecule has 0 bridgehead atoms. The Labute approximate surface area is 171 Å². The molecule has 7 nitrogen and oxygen atoms in total. The predicted molar refractivity (Wildman–Crippen MR) is 112 cm³/mol. The van der Waals surface area contributed by atoms with E-state index in [-0.39, 0.29) is 17.0 Å². The van der Waals surface area contributed by atoms with Crippen LogP contribution in [-0.2, 0) is 11.2 Å². The zero-order valence-electron chi connectivity index (χ0n) is 17.4. The average molecular weight is 401 g/mol. The number of carbonyl (C=O) groups excluding carboxylic acids is 1. The minimum absolute atomic E-state index is 0.0834. The number of non-ortho nitro benzene ring substituents is 1. The van der Waals surface area contributed by atoms with Gasteiger partial charge in [0.15, 0.2) is 17.8 Å². The summed E-state index contributed by atoms with van der Waals surface area (Å²) in [6, 6.07) is 9.29. The Morgan fingerprint density at radius 3 is 2.31 bits per heavy atom. The Morgan fingerprint density at radius 1 is 1.07 bits per heavy atom. The fourth-order valence-electron chi connectivity index (χ4n) is 2.52. The molecule has 0 amide bonds. The van der Waals surface area contributed by atoms with E-state index in [1.807, 2.05) is 32.9 Å². The lowest BCUT2D eigenvalue weighted by molar-refractivity contribution is -0.384. The van der Waals surface area contributed by atoms with Gasteiger partial charge in [0.1, 0.15) is 5.75 Å². The Hall–Kier alpha value is -3.35. The van der Waals surface area contributed by atoms with Crippen molar-refractivity contribution >= 4 is 12.0 Å². The monoisotopic (exact) mass is 401 g/mol. The van der Waals surface area contributed by atoms with E-state index < -0.39 is 4.92 Å². The van der Waals surface area contributed by atoms with Crippen molar-refractivity contribution in [3.05, 3.63) is 69.5 Å². The second-order valence-electron chi connectivity index (χ2n) is 5.64. The lowest BCUT2D eigenvalue weighted by Crippen LogP contribution is -1.98. The standard InChI is InChI=1S/C20H21NO6.C2H6/c1-4-5-17(25-2)10-14-6-8-19(26-3)20(11-14)27-18-9-7-16(21(23)24)12-15(18)13-22;1-2/h5-9,11-13H,4,10H2,1-3H3;1-2H3/b17-5+;. The van der Waals surface area contributed by atoms with Crippen LogP contribution in [-0.4, -0.2) is 25.4 Å². The van der Waals surface area contributed by atoms with Gasteiger partial charge in [0.05, 0.1) is 30.5 Å². The summed E-state index contributed by atoms with van der Waals surface area (Å²) in [5.41, 5.74) is 0.835. The van der Waals surface area contributed by atoms with Crippen LogP contribution in [0.25, 0.3) is 0 Å². The molecule has 0 aliphatic heterocycles. The zero-order chi connectivity index (χ0) is 21.8. The summed E-state index contributed by atoms with van der Waals surface area (Å²) in [5.74, 6) is 1.92. The van der Waals surface area contributed by atoms with Gasteiger partial charge in [-0.15, -0.1) is 0 Å². The molecule has 156 valence electrons. The van der Waals surface area contributed by atoms with Crippen molar-refractivity contribution in [1.82, 2.24) is 0 Å². The molecule has 2 rings (SSSR count). The smallest absolute Gasteiger partial charge is 0.270 e. The fraction of sp³-hybridized carbons (Fsp3) is 0.318. The SMILES string of the molecule is CC.CC/C=C(\Cc1ccc(OC)c(Oc2ccc([N+](=O)[O-])cc2C=O)c1)OC. The molecule has 2 aromatic carbocycles. The number of allylic oxidation sites excluding steroid dienone is 2. The molecule has 0 unspecified atom stereocenters. The number of ether oxygens (including phenoxy) is 3. The number of benzene rings is 2. The van der Waals surface area contributed by atoms with Crippen molar-refractivity contribution in [3.63, 3.8) is 0 Å². The number of hydrogen-bond acceptors (Lipinski definition) is 6. The molecule has 29 heavy (non-hydrogen) atoms. The third kappa shape index (κ3) is 6.64. The molecular weight excluding hydrogens is 374 g/mol. The van der Waals surface area contributed by atoms with Gasteiger partial charge in [-0.25, -0.2) is 0 Å². The van der Waals surface area contributed by atoms with E-state index >= 15 is 0 Å². The van der Waals surface area contributed by atoms with Crippen LogP contribution in [0.2, 0.25) is 0 Å². The number of hydrogen-bond donors (Lipinski definition) is 0. The van der Waals surface area contributed by atoms with Crippen LogP contribution in [0.3, 0.4) is 0 Å². The van der Waals surface area contributed by atoms with Gasteiger partial charge in [-0.1, -0.05) is 26.8 Å². The highest BCUT2D eigenvalue weighted by atomic mass is 16.6. The zero-order valence-corrected chi connectivity index (χ0v) is 17.4. The second kappa shape index (κ2) is 12.2. The average Bonchev–Trinajstić information content (AvgIpc) is 2.75. The molecule has 0 N–H and O–H groups in total. The second-order valence-corrected chi connectivity index (χ2v) is 5.64. The molecule has 0 atom stereocenters. The Bertz CT molecular complexity index is 860. The number of methoxy groups -OCH3 is 2. The summed E-state index contributed by atoms with van der Waals surface area (Å²) >= 11 is 0. The summed E-state index contributed by atoms with van der Waals surface area (Å²) in [5, 5.41) is 10.9. The molecule has 0 heterocycles. The van der Waals surface area contributed by atoms with E-state index in [0.717, 1.165) is 17.7 Å². The van der Waals surface area contributed by atoms with Crippen molar-refractivity contribution < 1.29 is 23.9 Å². The first-order valence-corrected chi connectivity index (χ1v) is 9.33. The van der Waals surface area contributed by atoms with Crippen LogP contribution in [0.4, 0.5) is 5.69 Å². The normalized spacial score (nSPS) is 10.4. The Balaban J connectivity index is 0.00000204. The van der Waals surface area contributed by atoms with Crippen LogP contribution >= 0.6 is 0 Å². The Morgan fingerprint density at radius 2 is 1.76 bits per heavy atom. The molecule has 7 heteroatoms. The number of rotatable bonds is 9. The third-order valence-corrected chi connectivity index (χ3v) is 3.85. The van der Waals surface area contributed by atoms with Gasteiger partial charge in [0.2, 0.25) is 0 Å². The highest BCUT2D eigenvalue weighted by Crippen LogP contribution is 2.35. The number of nitrogens with zero attached hydrogens (tertiary/aromatic N) is 1. The maximum absolute atomic E-state index is 11.3. The first-order valence-electron chi connectivity index (χ1n) is 9.33. The van der Waals surface area contributed by atoms with Crippen LogP contribution in [0.5, 0.6) is 17.2 Å². The molecule has 0 spiro atoms. The topological polar surface area (TPSA) is 87.9 Å². The van der Waals surface area contributed by atoms with Gasteiger partial charge in [-0.2, -0.15) is 0 Å². The molecular formula is C22H27NO6. The van der Waals surface area contributed by atoms with Crippen LogP contribution < -0.4 is 9.47 Å². The van der Waals surface area contributed by atoms with Gasteiger partial charge in [-0.3, -0.25) is 14.9 Å². The minimum Gasteiger partial charge on any atom is -0.501 e. The van der Waals surface area contributed by atoms with Crippen molar-refractivity contribution in [2.45, 2.75) is 33.6 Å². The van der Waals surface area contributed by atoms with Gasteiger partial charge in [0, 0.05) is 18.6 Å². The van der Waals surface area contributed by atoms with E-state index in [2.05, 4.69) is 0 Å². The Kier molecular flexibility index (Phi) is 9.95. The van der Waals surface area contributed by atoms with E-state index in [0.29, 0.717) is 24.2 Å². The van der Waals surface area contributed by atoms with E-state index in [1.54, 1.807) is 19.2 Å². The van der Waals surface area contributed by atoms with Crippen LogP contribution in [0.15, 0.2) is 48.2 Å². The molecule has 0 aromatic heterocycles. The molecule has 0 saturated heterocycles.